The van der Waals surface area contributed by atoms with Gasteiger partial charge in [0.05, 0.1) is 25.0 Å². The smallest absolute Gasteiger partial charge is 0.0988 e. The molecule has 0 aliphatic rings. The van der Waals surface area contributed by atoms with E-state index in [4.69, 9.17) is 15.3 Å². The molecule has 0 fully saturated rings. The van der Waals surface area contributed by atoms with Crippen LogP contribution in [-0.4, -0.2) is 41.1 Å². The van der Waals surface area contributed by atoms with Gasteiger partial charge in [-0.05, 0) is 0 Å². The summed E-state index contributed by atoms with van der Waals surface area (Å²) in [6, 6.07) is 0. The summed E-state index contributed by atoms with van der Waals surface area (Å²) in [6.07, 6.45) is -0.764. The number of hydrogen-bond acceptors (Lipinski definition) is 4. The molecule has 4 nitrogen and oxygen atoms in total. The van der Waals surface area contributed by atoms with Gasteiger partial charge >= 0.3 is 0 Å². The molecule has 0 aromatic rings. The van der Waals surface area contributed by atoms with Crippen molar-refractivity contribution in [2.45, 2.75) is 6.10 Å². The Labute approximate surface area is 59.8 Å². The molecule has 0 saturated carbocycles. The fourth-order valence-electron chi connectivity index (χ4n) is 0.448. The lowest BCUT2D eigenvalue weighted by Crippen LogP contribution is -2.30. The normalized spacial score (nSPS) is 13.0. The Morgan fingerprint density at radius 1 is 1.60 bits per heavy atom. The summed E-state index contributed by atoms with van der Waals surface area (Å²) < 4.78 is 0. The summed E-state index contributed by atoms with van der Waals surface area (Å²) in [7, 11) is 0. The maximum Gasteiger partial charge on any atom is 0.0988 e. The van der Waals surface area contributed by atoms with Crippen LogP contribution >= 0.6 is 0 Å². The highest BCUT2D eigenvalue weighted by Crippen LogP contribution is 1.79. The van der Waals surface area contributed by atoms with E-state index >= 15 is 0 Å². The molecule has 10 heavy (non-hydrogen) atoms. The Balaban J connectivity index is 3.11. The zero-order valence-electron chi connectivity index (χ0n) is 5.75. The standard InChI is InChI=1S/C6H13NO3/c1-5(9)2-7-3-6(10)4-8/h6-10H,1-4H2. The van der Waals surface area contributed by atoms with Crippen LogP contribution in [0.2, 0.25) is 0 Å². The van der Waals surface area contributed by atoms with Gasteiger partial charge in [0.25, 0.3) is 0 Å². The Hall–Kier alpha value is -0.580. The predicted octanol–water partition coefficient (Wildman–Crippen LogP) is -0.999. The molecule has 1 unspecified atom stereocenters. The maximum absolute atomic E-state index is 8.75. The number of aliphatic hydroxyl groups is 3. The van der Waals surface area contributed by atoms with Crippen LogP contribution in [0.5, 0.6) is 0 Å². The first-order valence-electron chi connectivity index (χ1n) is 3.03. The van der Waals surface area contributed by atoms with Crippen LogP contribution in [0, 0.1) is 0 Å². The van der Waals surface area contributed by atoms with Crippen LogP contribution < -0.4 is 5.32 Å². The molecular weight excluding hydrogens is 134 g/mol. The van der Waals surface area contributed by atoms with Gasteiger partial charge in [0.1, 0.15) is 0 Å². The molecule has 60 valence electrons. The minimum atomic E-state index is -0.764. The minimum Gasteiger partial charge on any atom is -0.512 e. The van der Waals surface area contributed by atoms with E-state index in [1.54, 1.807) is 0 Å². The van der Waals surface area contributed by atoms with Crippen molar-refractivity contribution in [3.05, 3.63) is 12.3 Å². The zero-order valence-corrected chi connectivity index (χ0v) is 5.75. The van der Waals surface area contributed by atoms with Gasteiger partial charge in [0, 0.05) is 6.54 Å². The molecule has 0 aliphatic carbocycles. The third-order valence-corrected chi connectivity index (χ3v) is 0.920. The van der Waals surface area contributed by atoms with Crippen LogP contribution in [-0.2, 0) is 0 Å². The quantitative estimate of drug-likeness (QED) is 0.376. The van der Waals surface area contributed by atoms with Gasteiger partial charge in [-0.2, -0.15) is 0 Å². The van der Waals surface area contributed by atoms with Gasteiger partial charge < -0.3 is 20.6 Å². The first-order chi connectivity index (χ1) is 4.66. The van der Waals surface area contributed by atoms with E-state index in [1.807, 2.05) is 0 Å². The van der Waals surface area contributed by atoms with Gasteiger partial charge in [-0.15, -0.1) is 0 Å². The lowest BCUT2D eigenvalue weighted by molar-refractivity contribution is 0.0945. The summed E-state index contributed by atoms with van der Waals surface area (Å²) in [5.74, 6) is 0.0186. The average molecular weight is 147 g/mol. The highest BCUT2D eigenvalue weighted by Gasteiger charge is 1.99. The largest absolute Gasteiger partial charge is 0.512 e. The van der Waals surface area contributed by atoms with Crippen molar-refractivity contribution < 1.29 is 15.3 Å². The topological polar surface area (TPSA) is 72.7 Å². The summed E-state index contributed by atoms with van der Waals surface area (Å²) in [5, 5.41) is 28.3. The Kier molecular flexibility index (Phi) is 4.92. The Morgan fingerprint density at radius 3 is 2.60 bits per heavy atom. The van der Waals surface area contributed by atoms with E-state index in [0.717, 1.165) is 0 Å². The second-order valence-corrected chi connectivity index (χ2v) is 2.03. The van der Waals surface area contributed by atoms with Crippen molar-refractivity contribution in [1.82, 2.24) is 5.32 Å². The summed E-state index contributed by atoms with van der Waals surface area (Å²) in [6.45, 7) is 3.46. The number of nitrogens with one attached hydrogen (secondary N) is 1. The van der Waals surface area contributed by atoms with E-state index in [1.165, 1.54) is 0 Å². The molecule has 0 saturated heterocycles. The van der Waals surface area contributed by atoms with Crippen molar-refractivity contribution >= 4 is 0 Å². The van der Waals surface area contributed by atoms with Crippen LogP contribution in [0.25, 0.3) is 0 Å². The number of rotatable bonds is 5. The molecule has 1 atom stereocenters. The second kappa shape index (κ2) is 5.22. The van der Waals surface area contributed by atoms with Crippen LogP contribution in [0.1, 0.15) is 0 Å². The maximum atomic E-state index is 8.75. The third-order valence-electron chi connectivity index (χ3n) is 0.920. The highest BCUT2D eigenvalue weighted by atomic mass is 16.3. The predicted molar refractivity (Wildman–Crippen MR) is 37.7 cm³/mol. The molecule has 0 rings (SSSR count). The van der Waals surface area contributed by atoms with Crippen LogP contribution in [0.4, 0.5) is 0 Å². The first kappa shape index (κ1) is 9.42. The SMILES string of the molecule is C=C(O)CNCC(O)CO. The molecular formula is C6H13NO3. The van der Waals surface area contributed by atoms with E-state index in [-0.39, 0.29) is 25.5 Å². The van der Waals surface area contributed by atoms with Gasteiger partial charge in [-0.1, -0.05) is 6.58 Å². The molecule has 0 aromatic carbocycles. The van der Waals surface area contributed by atoms with Gasteiger partial charge in [0.2, 0.25) is 0 Å². The molecule has 0 aliphatic heterocycles. The highest BCUT2D eigenvalue weighted by molar-refractivity contribution is 4.81. The Bertz CT molecular complexity index is 105. The summed E-state index contributed by atoms with van der Waals surface area (Å²) in [4.78, 5) is 0. The van der Waals surface area contributed by atoms with Crippen molar-refractivity contribution in [3.8, 4) is 0 Å². The molecule has 0 amide bonds. The Morgan fingerprint density at radius 2 is 2.20 bits per heavy atom. The lowest BCUT2D eigenvalue weighted by Gasteiger charge is -2.07. The van der Waals surface area contributed by atoms with Crippen molar-refractivity contribution in [2.24, 2.45) is 0 Å². The van der Waals surface area contributed by atoms with E-state index in [2.05, 4.69) is 11.9 Å². The molecule has 0 heterocycles. The van der Waals surface area contributed by atoms with Gasteiger partial charge in [0.15, 0.2) is 0 Å². The third kappa shape index (κ3) is 5.55. The van der Waals surface area contributed by atoms with Gasteiger partial charge in [-0.25, -0.2) is 0 Å². The second-order valence-electron chi connectivity index (χ2n) is 2.03. The van der Waals surface area contributed by atoms with Crippen LogP contribution in [0.3, 0.4) is 0 Å². The molecule has 0 spiro atoms. The first-order valence-corrected chi connectivity index (χ1v) is 3.03. The molecule has 4 heteroatoms. The van der Waals surface area contributed by atoms with Crippen molar-refractivity contribution in [3.63, 3.8) is 0 Å². The van der Waals surface area contributed by atoms with Crippen molar-refractivity contribution in [1.29, 1.82) is 0 Å². The fourth-order valence-corrected chi connectivity index (χ4v) is 0.448. The van der Waals surface area contributed by atoms with E-state index in [9.17, 15) is 0 Å². The molecule has 0 aromatic heterocycles. The summed E-state index contributed by atoms with van der Waals surface area (Å²) >= 11 is 0. The average Bonchev–Trinajstić information content (AvgIpc) is 1.87. The molecule has 0 radical (unpaired) electrons. The summed E-state index contributed by atoms with van der Waals surface area (Å²) in [5.41, 5.74) is 0. The lowest BCUT2D eigenvalue weighted by atomic mass is 10.4. The molecule has 0 bridgehead atoms. The van der Waals surface area contributed by atoms with E-state index in [0.29, 0.717) is 0 Å². The monoisotopic (exact) mass is 147 g/mol. The molecule has 4 N–H and O–H groups in total. The zero-order chi connectivity index (χ0) is 7.98. The number of aliphatic hydroxyl groups excluding tert-OH is 3. The minimum absolute atomic E-state index is 0.0186. The van der Waals surface area contributed by atoms with Gasteiger partial charge in [-0.3, -0.25) is 0 Å². The fraction of sp³-hybridized carbons (Fsp3) is 0.667. The van der Waals surface area contributed by atoms with Crippen molar-refractivity contribution in [2.75, 3.05) is 19.7 Å². The number of hydrogen-bond donors (Lipinski definition) is 4. The van der Waals surface area contributed by atoms with Crippen LogP contribution in [0.15, 0.2) is 12.3 Å². The van der Waals surface area contributed by atoms with E-state index < -0.39 is 6.10 Å².